The number of halogens is 1. The van der Waals surface area contributed by atoms with Crippen molar-refractivity contribution in [2.45, 2.75) is 0 Å². The Hall–Kier alpha value is -3.49. The molecule has 0 saturated heterocycles. The van der Waals surface area contributed by atoms with Crippen LogP contribution in [0.25, 0.3) is 16.2 Å². The smallest absolute Gasteiger partial charge is 0.269 e. The molecule has 8 heteroatoms. The number of pyridine rings is 1. The fraction of sp³-hybridized carbons (Fsp3) is 0.0417. The lowest BCUT2D eigenvalue weighted by Gasteiger charge is -2.08. The zero-order valence-corrected chi connectivity index (χ0v) is 19.4. The van der Waals surface area contributed by atoms with Crippen LogP contribution in [0.4, 0.5) is 5.69 Å². The van der Waals surface area contributed by atoms with Crippen molar-refractivity contribution in [3.8, 4) is 11.5 Å². The summed E-state index contributed by atoms with van der Waals surface area (Å²) in [6.07, 6.45) is 4.82. The van der Waals surface area contributed by atoms with Gasteiger partial charge in [0.2, 0.25) is 5.91 Å². The van der Waals surface area contributed by atoms with Crippen molar-refractivity contribution in [1.29, 1.82) is 0 Å². The number of nitrogens with zero attached hydrogens (tertiary/aromatic N) is 1. The van der Waals surface area contributed by atoms with E-state index >= 15 is 0 Å². The summed E-state index contributed by atoms with van der Waals surface area (Å²) in [6, 6.07) is 18.3. The van der Waals surface area contributed by atoms with Gasteiger partial charge in [-0.3, -0.25) is 14.6 Å². The lowest BCUT2D eigenvalue weighted by atomic mass is 10.2. The predicted molar refractivity (Wildman–Crippen MR) is 131 cm³/mol. The van der Waals surface area contributed by atoms with Crippen LogP contribution in [0, 0.1) is 0 Å². The summed E-state index contributed by atoms with van der Waals surface area (Å²) in [5.41, 5.74) is 0.911. The first-order valence-electron chi connectivity index (χ1n) is 9.65. The molecule has 2 heterocycles. The van der Waals surface area contributed by atoms with E-state index in [1.807, 2.05) is 18.2 Å². The number of thiophene rings is 1. The maximum atomic E-state index is 12.3. The SMILES string of the molecule is CNC(=O)c1cc(Oc2ccc(NC(=O)C=Cc3sc4ccccc4c3Br)cc2)ccn1. The second-order valence-electron chi connectivity index (χ2n) is 6.68. The zero-order valence-electron chi connectivity index (χ0n) is 17.0. The fourth-order valence-corrected chi connectivity index (χ4v) is 4.80. The van der Waals surface area contributed by atoms with E-state index in [2.05, 4.69) is 37.6 Å². The van der Waals surface area contributed by atoms with Crippen LogP contribution < -0.4 is 15.4 Å². The van der Waals surface area contributed by atoms with Gasteiger partial charge < -0.3 is 15.4 Å². The molecule has 4 rings (SSSR count). The topological polar surface area (TPSA) is 80.3 Å². The van der Waals surface area contributed by atoms with Gasteiger partial charge in [-0.2, -0.15) is 0 Å². The van der Waals surface area contributed by atoms with E-state index in [0.29, 0.717) is 17.2 Å². The normalized spacial score (nSPS) is 10.9. The number of carbonyl (C=O) groups is 2. The summed E-state index contributed by atoms with van der Waals surface area (Å²) in [6.45, 7) is 0. The second kappa shape index (κ2) is 9.76. The van der Waals surface area contributed by atoms with Crippen molar-refractivity contribution in [1.82, 2.24) is 10.3 Å². The third-order valence-electron chi connectivity index (χ3n) is 4.49. The molecular weight excluding hydrogens is 490 g/mol. The van der Waals surface area contributed by atoms with Gasteiger partial charge in [-0.15, -0.1) is 11.3 Å². The molecule has 0 aliphatic carbocycles. The molecule has 4 aromatic rings. The van der Waals surface area contributed by atoms with Gasteiger partial charge in [-0.1, -0.05) is 18.2 Å². The standard InChI is InChI=1S/C24H18BrN3O3S/c1-26-24(30)19-14-17(12-13-27-19)31-16-8-6-15(7-9-16)28-22(29)11-10-21-23(25)18-4-2-3-5-20(18)32-21/h2-14H,1H3,(H,26,30)(H,28,29). The molecule has 0 bridgehead atoms. The summed E-state index contributed by atoms with van der Waals surface area (Å²) in [5.74, 6) is 0.547. The lowest BCUT2D eigenvalue weighted by molar-refractivity contribution is -0.111. The van der Waals surface area contributed by atoms with E-state index in [1.165, 1.54) is 12.3 Å². The molecule has 0 radical (unpaired) electrons. The molecule has 2 aromatic heterocycles. The third kappa shape index (κ3) is 5.04. The molecule has 0 aliphatic heterocycles. The Labute approximate surface area is 197 Å². The highest BCUT2D eigenvalue weighted by molar-refractivity contribution is 9.10. The molecule has 0 unspecified atom stereocenters. The minimum Gasteiger partial charge on any atom is -0.457 e. The molecule has 0 fully saturated rings. The number of hydrogen-bond donors (Lipinski definition) is 2. The number of ether oxygens (including phenoxy) is 1. The maximum absolute atomic E-state index is 12.3. The zero-order chi connectivity index (χ0) is 22.5. The minimum atomic E-state index is -0.288. The van der Waals surface area contributed by atoms with Crippen LogP contribution in [-0.2, 0) is 4.79 Å². The molecule has 2 N–H and O–H groups in total. The summed E-state index contributed by atoms with van der Waals surface area (Å²) < 4.78 is 7.91. The van der Waals surface area contributed by atoms with Crippen LogP contribution >= 0.6 is 27.3 Å². The molecular formula is C24H18BrN3O3S. The van der Waals surface area contributed by atoms with E-state index < -0.39 is 0 Å². The second-order valence-corrected chi connectivity index (χ2v) is 8.56. The van der Waals surface area contributed by atoms with E-state index in [0.717, 1.165) is 19.4 Å². The van der Waals surface area contributed by atoms with E-state index in [4.69, 9.17) is 4.74 Å². The Balaban J connectivity index is 1.39. The minimum absolute atomic E-state index is 0.229. The van der Waals surface area contributed by atoms with Gasteiger partial charge in [0, 0.05) is 50.5 Å². The number of rotatable bonds is 6. The Morgan fingerprint density at radius 2 is 1.84 bits per heavy atom. The highest BCUT2D eigenvalue weighted by Crippen LogP contribution is 2.36. The van der Waals surface area contributed by atoms with Crippen LogP contribution in [0.1, 0.15) is 15.4 Å². The van der Waals surface area contributed by atoms with E-state index in [1.54, 1.807) is 60.9 Å². The highest BCUT2D eigenvalue weighted by Gasteiger charge is 2.08. The molecule has 0 saturated carbocycles. The summed E-state index contributed by atoms with van der Waals surface area (Å²) in [7, 11) is 1.54. The van der Waals surface area contributed by atoms with Gasteiger partial charge in [-0.25, -0.2) is 0 Å². The van der Waals surface area contributed by atoms with Crippen molar-refractivity contribution < 1.29 is 14.3 Å². The first-order chi connectivity index (χ1) is 15.5. The number of aromatic nitrogens is 1. The van der Waals surface area contributed by atoms with E-state index in [9.17, 15) is 9.59 Å². The molecule has 0 spiro atoms. The number of anilines is 1. The number of hydrogen-bond acceptors (Lipinski definition) is 5. The van der Waals surface area contributed by atoms with Crippen molar-refractivity contribution in [2.75, 3.05) is 12.4 Å². The van der Waals surface area contributed by atoms with Crippen molar-refractivity contribution in [3.05, 3.63) is 88.0 Å². The van der Waals surface area contributed by atoms with Gasteiger partial charge in [0.1, 0.15) is 17.2 Å². The summed E-state index contributed by atoms with van der Waals surface area (Å²) in [5, 5.41) is 6.49. The molecule has 2 amide bonds. The van der Waals surface area contributed by atoms with Gasteiger partial charge >= 0.3 is 0 Å². The van der Waals surface area contributed by atoms with Crippen LogP contribution in [-0.4, -0.2) is 23.8 Å². The average molecular weight is 508 g/mol. The van der Waals surface area contributed by atoms with Crippen molar-refractivity contribution in [3.63, 3.8) is 0 Å². The van der Waals surface area contributed by atoms with Crippen LogP contribution in [0.15, 0.2) is 77.4 Å². The third-order valence-corrected chi connectivity index (χ3v) is 6.75. The quantitative estimate of drug-likeness (QED) is 0.320. The number of fused-ring (bicyclic) bond motifs is 1. The molecule has 0 atom stereocenters. The molecule has 160 valence electrons. The maximum Gasteiger partial charge on any atom is 0.269 e. The fourth-order valence-electron chi connectivity index (χ4n) is 2.94. The Bertz CT molecular complexity index is 1320. The molecule has 2 aromatic carbocycles. The number of carbonyl (C=O) groups excluding carboxylic acids is 2. The van der Waals surface area contributed by atoms with Gasteiger partial charge in [0.15, 0.2) is 0 Å². The molecule has 6 nitrogen and oxygen atoms in total. The Kier molecular flexibility index (Phi) is 6.63. The first-order valence-corrected chi connectivity index (χ1v) is 11.3. The molecule has 32 heavy (non-hydrogen) atoms. The monoisotopic (exact) mass is 507 g/mol. The van der Waals surface area contributed by atoms with Gasteiger partial charge in [-0.05, 0) is 58.4 Å². The number of nitrogens with one attached hydrogen (secondary N) is 2. The predicted octanol–water partition coefficient (Wildman–Crippen LogP) is 5.86. The van der Waals surface area contributed by atoms with Gasteiger partial charge in [0.05, 0.1) is 0 Å². The van der Waals surface area contributed by atoms with Crippen molar-refractivity contribution in [2.24, 2.45) is 0 Å². The largest absolute Gasteiger partial charge is 0.457 e. The summed E-state index contributed by atoms with van der Waals surface area (Å²) >= 11 is 5.23. The Morgan fingerprint density at radius 1 is 1.06 bits per heavy atom. The highest BCUT2D eigenvalue weighted by atomic mass is 79.9. The lowest BCUT2D eigenvalue weighted by Crippen LogP contribution is -2.18. The van der Waals surface area contributed by atoms with Crippen LogP contribution in [0.2, 0.25) is 0 Å². The summed E-state index contributed by atoms with van der Waals surface area (Å²) in [4.78, 5) is 29.0. The van der Waals surface area contributed by atoms with Crippen molar-refractivity contribution >= 4 is 60.9 Å². The Morgan fingerprint density at radius 3 is 2.59 bits per heavy atom. The van der Waals surface area contributed by atoms with E-state index in [-0.39, 0.29) is 17.5 Å². The molecule has 0 aliphatic rings. The number of benzene rings is 2. The van der Waals surface area contributed by atoms with Crippen LogP contribution in [0.3, 0.4) is 0 Å². The number of amides is 2. The average Bonchev–Trinajstić information content (AvgIpc) is 3.14. The first kappa shape index (κ1) is 21.7. The van der Waals surface area contributed by atoms with Gasteiger partial charge in [0.25, 0.3) is 5.91 Å². The van der Waals surface area contributed by atoms with Crippen LogP contribution in [0.5, 0.6) is 11.5 Å².